The van der Waals surface area contributed by atoms with E-state index in [9.17, 15) is 9.59 Å². The molecule has 1 aliphatic heterocycles. The monoisotopic (exact) mass is 347 g/mol. The van der Waals surface area contributed by atoms with Gasteiger partial charge >= 0.3 is 6.03 Å². The molecule has 3 amide bonds. The third-order valence-corrected chi connectivity index (χ3v) is 4.36. The quantitative estimate of drug-likeness (QED) is 0.824. The van der Waals surface area contributed by atoms with Gasteiger partial charge in [-0.3, -0.25) is 4.79 Å². The lowest BCUT2D eigenvalue weighted by Gasteiger charge is -2.21. The number of likely N-dealkylation sites (tertiary alicyclic amines) is 1. The minimum Gasteiger partial charge on any atom is -0.492 e. The molecular formula is C19H29N3O3. The van der Waals surface area contributed by atoms with Gasteiger partial charge in [0.15, 0.2) is 0 Å². The number of likely N-dealkylation sites (N-methyl/N-ethyl adjacent to an activating group) is 1. The van der Waals surface area contributed by atoms with Crippen molar-refractivity contribution in [2.45, 2.75) is 32.1 Å². The fourth-order valence-corrected chi connectivity index (χ4v) is 2.81. The lowest BCUT2D eigenvalue weighted by atomic mass is 10.2. The van der Waals surface area contributed by atoms with Gasteiger partial charge in [-0.2, -0.15) is 0 Å². The Morgan fingerprint density at radius 1 is 1.12 bits per heavy atom. The van der Waals surface area contributed by atoms with Crippen molar-refractivity contribution in [3.63, 3.8) is 0 Å². The highest BCUT2D eigenvalue weighted by Gasteiger charge is 2.15. The van der Waals surface area contributed by atoms with Crippen LogP contribution in [0.2, 0.25) is 0 Å². The zero-order chi connectivity index (χ0) is 17.9. The molecule has 2 rings (SSSR count). The van der Waals surface area contributed by atoms with Crippen molar-refractivity contribution in [1.29, 1.82) is 0 Å². The van der Waals surface area contributed by atoms with Crippen LogP contribution in [0.5, 0.6) is 5.75 Å². The van der Waals surface area contributed by atoms with Crippen LogP contribution in [-0.2, 0) is 4.79 Å². The van der Waals surface area contributed by atoms with E-state index in [1.54, 1.807) is 11.9 Å². The summed E-state index contributed by atoms with van der Waals surface area (Å²) in [5, 5.41) is 2.80. The smallest absolute Gasteiger partial charge is 0.317 e. The van der Waals surface area contributed by atoms with Gasteiger partial charge in [0.1, 0.15) is 12.4 Å². The molecule has 1 saturated heterocycles. The summed E-state index contributed by atoms with van der Waals surface area (Å²) in [7, 11) is 1.72. The van der Waals surface area contributed by atoms with Crippen molar-refractivity contribution in [2.75, 3.05) is 39.8 Å². The van der Waals surface area contributed by atoms with Crippen molar-refractivity contribution in [1.82, 2.24) is 15.1 Å². The van der Waals surface area contributed by atoms with Crippen LogP contribution in [0.4, 0.5) is 4.79 Å². The average Bonchev–Trinajstić information content (AvgIpc) is 2.91. The van der Waals surface area contributed by atoms with E-state index in [1.807, 2.05) is 35.2 Å². The first kappa shape index (κ1) is 19.1. The molecule has 138 valence electrons. The molecular weight excluding hydrogens is 318 g/mol. The van der Waals surface area contributed by atoms with Gasteiger partial charge in [-0.1, -0.05) is 31.0 Å². The van der Waals surface area contributed by atoms with E-state index in [4.69, 9.17) is 4.74 Å². The van der Waals surface area contributed by atoms with Crippen LogP contribution in [0.3, 0.4) is 0 Å². The van der Waals surface area contributed by atoms with E-state index in [1.165, 1.54) is 12.8 Å². The maximum absolute atomic E-state index is 12.2. The van der Waals surface area contributed by atoms with Gasteiger partial charge in [0, 0.05) is 33.1 Å². The summed E-state index contributed by atoms with van der Waals surface area (Å²) >= 11 is 0. The third-order valence-electron chi connectivity index (χ3n) is 4.36. The number of nitrogens with zero attached hydrogens (tertiary/aromatic N) is 2. The van der Waals surface area contributed by atoms with Crippen LogP contribution < -0.4 is 10.1 Å². The average molecular weight is 347 g/mol. The minimum absolute atomic E-state index is 0.136. The molecule has 6 nitrogen and oxygen atoms in total. The van der Waals surface area contributed by atoms with E-state index in [2.05, 4.69) is 5.32 Å². The van der Waals surface area contributed by atoms with E-state index < -0.39 is 0 Å². The van der Waals surface area contributed by atoms with Crippen molar-refractivity contribution in [3.05, 3.63) is 30.3 Å². The summed E-state index contributed by atoms with van der Waals surface area (Å²) in [6.45, 7) is 2.99. The number of amides is 3. The van der Waals surface area contributed by atoms with Gasteiger partial charge in [0.05, 0.1) is 6.54 Å². The Kier molecular flexibility index (Phi) is 8.09. The normalized spacial score (nSPS) is 14.5. The number of benzene rings is 1. The number of carbonyl (C=O) groups is 2. The molecule has 6 heteroatoms. The lowest BCUT2D eigenvalue weighted by molar-refractivity contribution is -0.131. The fourth-order valence-electron chi connectivity index (χ4n) is 2.81. The molecule has 25 heavy (non-hydrogen) atoms. The van der Waals surface area contributed by atoms with E-state index >= 15 is 0 Å². The minimum atomic E-state index is -0.180. The van der Waals surface area contributed by atoms with Crippen molar-refractivity contribution in [3.8, 4) is 5.75 Å². The lowest BCUT2D eigenvalue weighted by Crippen LogP contribution is -2.41. The van der Waals surface area contributed by atoms with E-state index in [0.29, 0.717) is 26.1 Å². The largest absolute Gasteiger partial charge is 0.492 e. The fraction of sp³-hybridized carbons (Fsp3) is 0.579. The van der Waals surface area contributed by atoms with Gasteiger partial charge < -0.3 is 19.9 Å². The Morgan fingerprint density at radius 3 is 2.48 bits per heavy atom. The molecule has 1 aromatic rings. The summed E-state index contributed by atoms with van der Waals surface area (Å²) in [5.41, 5.74) is 0. The summed E-state index contributed by atoms with van der Waals surface area (Å²) in [5.74, 6) is 0.927. The van der Waals surface area contributed by atoms with Gasteiger partial charge in [-0.15, -0.1) is 0 Å². The Hall–Kier alpha value is -2.24. The molecule has 0 bridgehead atoms. The van der Waals surface area contributed by atoms with Crippen LogP contribution in [0.1, 0.15) is 32.1 Å². The summed E-state index contributed by atoms with van der Waals surface area (Å²) < 4.78 is 5.58. The topological polar surface area (TPSA) is 61.9 Å². The molecule has 0 radical (unpaired) electrons. The highest BCUT2D eigenvalue weighted by atomic mass is 16.5. The Balaban J connectivity index is 1.59. The van der Waals surface area contributed by atoms with Gasteiger partial charge in [-0.25, -0.2) is 4.79 Å². The maximum Gasteiger partial charge on any atom is 0.317 e. The van der Waals surface area contributed by atoms with Crippen LogP contribution in [-0.4, -0.2) is 61.6 Å². The molecule has 0 spiro atoms. The third kappa shape index (κ3) is 7.03. The summed E-state index contributed by atoms with van der Waals surface area (Å²) in [6.07, 6.45) is 4.94. The number of urea groups is 1. The number of hydrogen-bond acceptors (Lipinski definition) is 3. The molecule has 0 saturated carbocycles. The molecule has 0 atom stereocenters. The first-order chi connectivity index (χ1) is 12.2. The zero-order valence-corrected chi connectivity index (χ0v) is 15.1. The second-order valence-corrected chi connectivity index (χ2v) is 6.36. The number of ether oxygens (including phenoxy) is 1. The number of rotatable bonds is 7. The van der Waals surface area contributed by atoms with Gasteiger partial charge in [-0.05, 0) is 25.0 Å². The molecule has 0 aromatic heterocycles. The van der Waals surface area contributed by atoms with Crippen molar-refractivity contribution >= 4 is 11.9 Å². The zero-order valence-electron chi connectivity index (χ0n) is 15.1. The summed E-state index contributed by atoms with van der Waals surface area (Å²) in [4.78, 5) is 27.7. The molecule has 1 N–H and O–H groups in total. The van der Waals surface area contributed by atoms with Crippen LogP contribution in [0, 0.1) is 0 Å². The molecule has 1 aromatic carbocycles. The van der Waals surface area contributed by atoms with Crippen LogP contribution >= 0.6 is 0 Å². The molecule has 0 aliphatic carbocycles. The highest BCUT2D eigenvalue weighted by Crippen LogP contribution is 2.10. The maximum atomic E-state index is 12.2. The van der Waals surface area contributed by atoms with Crippen molar-refractivity contribution < 1.29 is 14.3 Å². The molecule has 0 unspecified atom stereocenters. The molecule has 1 heterocycles. The van der Waals surface area contributed by atoms with Crippen LogP contribution in [0.15, 0.2) is 30.3 Å². The second-order valence-electron chi connectivity index (χ2n) is 6.36. The first-order valence-electron chi connectivity index (χ1n) is 9.11. The van der Waals surface area contributed by atoms with E-state index in [-0.39, 0.29) is 11.9 Å². The SMILES string of the molecule is CN(CCOc1ccccc1)C(=O)NCCC(=O)N1CCCCCC1. The first-order valence-corrected chi connectivity index (χ1v) is 9.11. The highest BCUT2D eigenvalue weighted by molar-refractivity contribution is 5.78. The van der Waals surface area contributed by atoms with Crippen LogP contribution in [0.25, 0.3) is 0 Å². The molecule has 1 fully saturated rings. The second kappa shape index (κ2) is 10.6. The van der Waals surface area contributed by atoms with E-state index in [0.717, 1.165) is 31.7 Å². The van der Waals surface area contributed by atoms with Gasteiger partial charge in [0.25, 0.3) is 0 Å². The Labute approximate surface area is 150 Å². The predicted octanol–water partition coefficient (Wildman–Crippen LogP) is 2.50. The van der Waals surface area contributed by atoms with Gasteiger partial charge in [0.2, 0.25) is 5.91 Å². The van der Waals surface area contributed by atoms with Crippen molar-refractivity contribution in [2.24, 2.45) is 0 Å². The number of hydrogen-bond donors (Lipinski definition) is 1. The summed E-state index contributed by atoms with van der Waals surface area (Å²) in [6, 6.07) is 9.34. The predicted molar refractivity (Wildman–Crippen MR) is 97.6 cm³/mol. The number of nitrogens with one attached hydrogen (secondary N) is 1. The number of para-hydroxylation sites is 1. The molecule has 1 aliphatic rings. The Bertz CT molecular complexity index is 528. The standard InChI is InChI=1S/C19H29N3O3/c1-21(15-16-25-17-9-5-4-6-10-17)19(24)20-12-11-18(23)22-13-7-2-3-8-14-22/h4-6,9-10H,2-3,7-8,11-16H2,1H3,(H,20,24). The number of carbonyl (C=O) groups excluding carboxylic acids is 2. The Morgan fingerprint density at radius 2 is 1.80 bits per heavy atom.